The molecule has 1 atom stereocenters. The lowest BCUT2D eigenvalue weighted by molar-refractivity contribution is -0.387. The smallest absolute Gasteiger partial charge is 0.334 e. The zero-order chi connectivity index (χ0) is 15.4. The van der Waals surface area contributed by atoms with Crippen molar-refractivity contribution < 1.29 is 33.5 Å². The van der Waals surface area contributed by atoms with Gasteiger partial charge in [-0.3, -0.25) is 14.9 Å². The summed E-state index contributed by atoms with van der Waals surface area (Å²) in [6, 6.07) is 0.549. The number of hydrogen-bond acceptors (Lipinski definition) is 5. The third kappa shape index (κ3) is 3.45. The van der Waals surface area contributed by atoms with Crippen molar-refractivity contribution in [3.8, 4) is 0 Å². The van der Waals surface area contributed by atoms with Crippen molar-refractivity contribution in [1.82, 2.24) is 5.32 Å². The van der Waals surface area contributed by atoms with Gasteiger partial charge in [0.15, 0.2) is 6.10 Å². The van der Waals surface area contributed by atoms with Crippen LogP contribution in [0.15, 0.2) is 12.1 Å². The maximum atomic E-state index is 13.3. The number of halogens is 2. The van der Waals surface area contributed by atoms with Crippen LogP contribution in [0.1, 0.15) is 10.4 Å². The molecule has 1 rings (SSSR count). The highest BCUT2D eigenvalue weighted by Crippen LogP contribution is 2.21. The molecule has 0 aliphatic carbocycles. The molecule has 0 fully saturated rings. The third-order valence-electron chi connectivity index (χ3n) is 2.22. The number of carbonyl (C=O) groups is 2. The Morgan fingerprint density at radius 2 is 1.95 bits per heavy atom. The molecule has 3 N–H and O–H groups in total. The van der Waals surface area contributed by atoms with E-state index in [0.29, 0.717) is 6.07 Å². The van der Waals surface area contributed by atoms with Crippen molar-refractivity contribution in [2.75, 3.05) is 6.54 Å². The van der Waals surface area contributed by atoms with E-state index in [4.69, 9.17) is 10.2 Å². The van der Waals surface area contributed by atoms with Crippen LogP contribution < -0.4 is 5.32 Å². The number of nitrogens with zero attached hydrogens (tertiary/aromatic N) is 1. The van der Waals surface area contributed by atoms with Gasteiger partial charge in [0, 0.05) is 12.1 Å². The average molecular weight is 290 g/mol. The van der Waals surface area contributed by atoms with Crippen LogP contribution in [0.3, 0.4) is 0 Å². The van der Waals surface area contributed by atoms with Gasteiger partial charge in [0.25, 0.3) is 5.91 Å². The first-order valence-electron chi connectivity index (χ1n) is 5.06. The Balaban J connectivity index is 2.96. The second kappa shape index (κ2) is 6.02. The summed E-state index contributed by atoms with van der Waals surface area (Å²) in [6.07, 6.45) is -1.92. The highest BCUT2D eigenvalue weighted by atomic mass is 19.1. The van der Waals surface area contributed by atoms with E-state index in [0.717, 1.165) is 0 Å². The van der Waals surface area contributed by atoms with Crippen molar-refractivity contribution in [2.45, 2.75) is 6.10 Å². The monoisotopic (exact) mass is 290 g/mol. The molecule has 0 saturated heterocycles. The van der Waals surface area contributed by atoms with Crippen LogP contribution in [0.2, 0.25) is 0 Å². The van der Waals surface area contributed by atoms with Crippen LogP contribution in [0, 0.1) is 21.7 Å². The summed E-state index contributed by atoms with van der Waals surface area (Å²) in [4.78, 5) is 31.1. The van der Waals surface area contributed by atoms with Crippen LogP contribution in [0.5, 0.6) is 0 Å². The molecule has 108 valence electrons. The van der Waals surface area contributed by atoms with Crippen LogP contribution >= 0.6 is 0 Å². The minimum Gasteiger partial charge on any atom is -0.479 e. The normalized spacial score (nSPS) is 11.8. The lowest BCUT2D eigenvalue weighted by Crippen LogP contribution is -2.36. The van der Waals surface area contributed by atoms with E-state index in [2.05, 4.69) is 0 Å². The molecular weight excluding hydrogens is 282 g/mol. The fraction of sp³-hybridized carbons (Fsp3) is 0.200. The fourth-order valence-electron chi connectivity index (χ4n) is 1.22. The number of nitro benzene ring substituents is 1. The first kappa shape index (κ1) is 15.4. The van der Waals surface area contributed by atoms with Crippen molar-refractivity contribution >= 4 is 17.6 Å². The Morgan fingerprint density at radius 1 is 1.35 bits per heavy atom. The molecule has 0 spiro atoms. The summed E-state index contributed by atoms with van der Waals surface area (Å²) in [5.74, 6) is -5.63. The summed E-state index contributed by atoms with van der Waals surface area (Å²) in [7, 11) is 0. The van der Waals surface area contributed by atoms with Gasteiger partial charge < -0.3 is 15.5 Å². The van der Waals surface area contributed by atoms with Crippen LogP contribution in [-0.2, 0) is 4.79 Å². The van der Waals surface area contributed by atoms with Crippen LogP contribution in [-0.4, -0.2) is 39.7 Å². The second-order valence-corrected chi connectivity index (χ2v) is 3.60. The van der Waals surface area contributed by atoms with Gasteiger partial charge in [-0.2, -0.15) is 4.39 Å². The molecule has 0 aliphatic heterocycles. The summed E-state index contributed by atoms with van der Waals surface area (Å²) < 4.78 is 26.4. The van der Waals surface area contributed by atoms with E-state index < -0.39 is 52.3 Å². The van der Waals surface area contributed by atoms with Gasteiger partial charge in [-0.25, -0.2) is 9.18 Å². The van der Waals surface area contributed by atoms with Gasteiger partial charge in [0.05, 0.1) is 17.0 Å². The number of amides is 1. The topological polar surface area (TPSA) is 130 Å². The van der Waals surface area contributed by atoms with E-state index in [1.807, 2.05) is 5.32 Å². The van der Waals surface area contributed by atoms with E-state index in [9.17, 15) is 28.5 Å². The number of aliphatic hydroxyl groups is 1. The number of carbonyl (C=O) groups excluding carboxylic acids is 1. The number of carboxylic acid groups (broad SMARTS) is 1. The molecule has 20 heavy (non-hydrogen) atoms. The lowest BCUT2D eigenvalue weighted by Gasteiger charge is -2.08. The zero-order valence-electron chi connectivity index (χ0n) is 9.67. The highest BCUT2D eigenvalue weighted by molar-refractivity contribution is 5.95. The molecular formula is C10H8F2N2O6. The number of aliphatic carboxylic acids is 1. The maximum absolute atomic E-state index is 13.3. The van der Waals surface area contributed by atoms with Crippen LogP contribution in [0.25, 0.3) is 0 Å². The molecule has 0 saturated carbocycles. The standard InChI is InChI=1S/C10H8F2N2O6/c11-5-2-6(12)7(14(19)20)1-4(5)9(16)13-3-8(15)10(17)18/h1-2,8,15H,3H2,(H,13,16)(H,17,18). The Morgan fingerprint density at radius 3 is 2.45 bits per heavy atom. The molecule has 1 unspecified atom stereocenters. The van der Waals surface area contributed by atoms with Crippen molar-refractivity contribution in [1.29, 1.82) is 0 Å². The molecule has 8 nitrogen and oxygen atoms in total. The quantitative estimate of drug-likeness (QED) is 0.519. The number of rotatable bonds is 5. The minimum absolute atomic E-state index is 0.167. The van der Waals surface area contributed by atoms with Gasteiger partial charge in [0.1, 0.15) is 5.82 Å². The first-order chi connectivity index (χ1) is 9.23. The zero-order valence-corrected chi connectivity index (χ0v) is 9.67. The SMILES string of the molecule is O=C(NCC(O)C(=O)O)c1cc([N+](=O)[O-])c(F)cc1F. The van der Waals surface area contributed by atoms with Gasteiger partial charge in [-0.15, -0.1) is 0 Å². The molecule has 0 radical (unpaired) electrons. The van der Waals surface area contributed by atoms with Gasteiger partial charge in [0.2, 0.25) is 5.82 Å². The molecule has 1 aromatic carbocycles. The molecule has 0 aromatic heterocycles. The summed E-state index contributed by atoms with van der Waals surface area (Å²) in [5.41, 5.74) is -1.94. The average Bonchev–Trinajstić information content (AvgIpc) is 2.34. The number of hydrogen-bond donors (Lipinski definition) is 3. The van der Waals surface area contributed by atoms with E-state index in [-0.39, 0.29) is 6.07 Å². The maximum Gasteiger partial charge on any atom is 0.334 e. The summed E-state index contributed by atoms with van der Waals surface area (Å²) >= 11 is 0. The molecule has 0 heterocycles. The summed E-state index contributed by atoms with van der Waals surface area (Å²) in [5, 5.41) is 29.6. The van der Waals surface area contributed by atoms with Crippen molar-refractivity contribution in [3.05, 3.63) is 39.4 Å². The lowest BCUT2D eigenvalue weighted by atomic mass is 10.1. The molecule has 0 aliphatic rings. The fourth-order valence-corrected chi connectivity index (χ4v) is 1.22. The first-order valence-corrected chi connectivity index (χ1v) is 5.06. The number of aliphatic hydroxyl groups excluding tert-OH is 1. The van der Waals surface area contributed by atoms with Crippen molar-refractivity contribution in [2.24, 2.45) is 0 Å². The highest BCUT2D eigenvalue weighted by Gasteiger charge is 2.23. The minimum atomic E-state index is -1.92. The largest absolute Gasteiger partial charge is 0.479 e. The summed E-state index contributed by atoms with van der Waals surface area (Å²) in [6.45, 7) is -0.737. The van der Waals surface area contributed by atoms with Gasteiger partial charge in [-0.1, -0.05) is 0 Å². The van der Waals surface area contributed by atoms with E-state index >= 15 is 0 Å². The number of nitro groups is 1. The van der Waals surface area contributed by atoms with Gasteiger partial charge in [-0.05, 0) is 0 Å². The van der Waals surface area contributed by atoms with Crippen LogP contribution in [0.4, 0.5) is 14.5 Å². The predicted molar refractivity (Wildman–Crippen MR) is 59.0 cm³/mol. The third-order valence-corrected chi connectivity index (χ3v) is 2.22. The number of benzene rings is 1. The molecule has 1 aromatic rings. The Labute approximate surface area is 109 Å². The predicted octanol–water partition coefficient (Wildman–Crippen LogP) is 0.0483. The second-order valence-electron chi connectivity index (χ2n) is 3.60. The molecule has 10 heteroatoms. The van der Waals surface area contributed by atoms with E-state index in [1.165, 1.54) is 0 Å². The number of carboxylic acids is 1. The molecule has 1 amide bonds. The van der Waals surface area contributed by atoms with Gasteiger partial charge >= 0.3 is 11.7 Å². The van der Waals surface area contributed by atoms with E-state index in [1.54, 1.807) is 0 Å². The Hall–Kier alpha value is -2.62. The Kier molecular flexibility index (Phi) is 4.64. The van der Waals surface area contributed by atoms with Crippen molar-refractivity contribution in [3.63, 3.8) is 0 Å². The molecule has 0 bridgehead atoms. The Bertz CT molecular complexity index is 577. The number of nitrogens with one attached hydrogen (secondary N) is 1.